The van der Waals surface area contributed by atoms with E-state index in [2.05, 4.69) is 15.9 Å². The first-order chi connectivity index (χ1) is 22.2. The van der Waals surface area contributed by atoms with Gasteiger partial charge in [0, 0.05) is 10.4 Å². The van der Waals surface area contributed by atoms with Crippen LogP contribution in [0.25, 0.3) is 16.8 Å². The van der Waals surface area contributed by atoms with Gasteiger partial charge < -0.3 is 9.47 Å². The number of hydrogen-bond donors (Lipinski definition) is 0. The van der Waals surface area contributed by atoms with Crippen molar-refractivity contribution in [1.82, 2.24) is 0 Å². The first-order valence-electron chi connectivity index (χ1n) is 14.6. The zero-order valence-electron chi connectivity index (χ0n) is 25.0. The molecule has 0 N–H and O–H groups in total. The van der Waals surface area contributed by atoms with Gasteiger partial charge in [-0.25, -0.2) is 14.6 Å². The third-order valence-corrected chi connectivity index (χ3v) is 8.33. The van der Waals surface area contributed by atoms with Crippen molar-refractivity contribution in [3.8, 4) is 11.5 Å². The van der Waals surface area contributed by atoms with E-state index in [1.54, 1.807) is 48.5 Å². The molecule has 230 valence electrons. The number of nitrogens with zero attached hydrogens (tertiary/aromatic N) is 2. The molecule has 0 spiro atoms. The van der Waals surface area contributed by atoms with Crippen molar-refractivity contribution in [1.29, 1.82) is 0 Å². The summed E-state index contributed by atoms with van der Waals surface area (Å²) in [4.78, 5) is 44.4. The lowest BCUT2D eigenvalue weighted by molar-refractivity contribution is -0.121. The lowest BCUT2D eigenvalue weighted by Crippen LogP contribution is -2.57. The van der Waals surface area contributed by atoms with Crippen LogP contribution in [-0.2, 0) is 16.2 Å². The van der Waals surface area contributed by atoms with Gasteiger partial charge in [-0.3, -0.25) is 9.59 Å². The van der Waals surface area contributed by atoms with E-state index in [-0.39, 0.29) is 12.2 Å². The fraction of sp³-hybridized carbons (Fsp3) is 0.108. The Hall–Kier alpha value is -4.92. The molecule has 0 radical (unpaired) electrons. The van der Waals surface area contributed by atoms with Gasteiger partial charge in [0.25, 0.3) is 11.8 Å². The predicted octanol–water partition coefficient (Wildman–Crippen LogP) is 9.13. The number of barbiturate groups is 1. The number of rotatable bonds is 8. The minimum atomic E-state index is -0.755. The van der Waals surface area contributed by atoms with Crippen molar-refractivity contribution in [3.05, 3.63) is 135 Å². The van der Waals surface area contributed by atoms with Gasteiger partial charge in [0.2, 0.25) is 0 Å². The molecule has 1 fully saturated rings. The highest BCUT2D eigenvalue weighted by Gasteiger charge is 2.44. The molecular formula is C37H28BrClN2O5. The van der Waals surface area contributed by atoms with E-state index in [0.29, 0.717) is 49.9 Å². The number of aryl methyl sites for hydroxylation is 1. The zero-order valence-corrected chi connectivity index (χ0v) is 27.3. The molecule has 9 heteroatoms. The number of hydrogen-bond acceptors (Lipinski definition) is 5. The third kappa shape index (κ3) is 6.14. The van der Waals surface area contributed by atoms with E-state index >= 15 is 0 Å². The summed E-state index contributed by atoms with van der Waals surface area (Å²) in [5.74, 6) is -0.570. The van der Waals surface area contributed by atoms with Gasteiger partial charge in [-0.1, -0.05) is 77.8 Å². The van der Waals surface area contributed by atoms with Crippen LogP contribution in [0.1, 0.15) is 23.6 Å². The van der Waals surface area contributed by atoms with Crippen molar-refractivity contribution in [2.45, 2.75) is 20.5 Å². The van der Waals surface area contributed by atoms with Crippen LogP contribution in [-0.4, -0.2) is 24.5 Å². The molecule has 1 aliphatic rings. The van der Waals surface area contributed by atoms with Gasteiger partial charge >= 0.3 is 6.03 Å². The molecule has 0 aromatic heterocycles. The van der Waals surface area contributed by atoms with Crippen molar-refractivity contribution in [3.63, 3.8) is 0 Å². The standard InChI is InChI=1S/C37H28BrClN2O5/c1-3-45-33-21-25(20-31(38)34(33)46-22-24-13-15-27(39)16-14-24)19-30-35(42)40(28-17-11-23(2)12-18-28)37(44)41(36(30)43)32-10-6-8-26-7-4-5-9-29(26)32/h4-21H,3,22H2,1-2H3/b30-19+. The zero-order chi connectivity index (χ0) is 32.4. The molecule has 7 nitrogen and oxygen atoms in total. The van der Waals surface area contributed by atoms with E-state index in [9.17, 15) is 14.4 Å². The Morgan fingerprint density at radius 1 is 0.804 bits per heavy atom. The minimum absolute atomic E-state index is 0.183. The minimum Gasteiger partial charge on any atom is -0.490 e. The Labute approximate surface area is 279 Å². The van der Waals surface area contributed by atoms with Crippen LogP contribution in [0, 0.1) is 6.92 Å². The highest BCUT2D eigenvalue weighted by atomic mass is 79.9. The van der Waals surface area contributed by atoms with Gasteiger partial charge in [0.1, 0.15) is 12.2 Å². The summed E-state index contributed by atoms with van der Waals surface area (Å²) in [6.45, 7) is 4.38. The maximum absolute atomic E-state index is 14.2. The number of halogens is 2. The highest BCUT2D eigenvalue weighted by molar-refractivity contribution is 9.10. The molecule has 0 unspecified atom stereocenters. The summed E-state index contributed by atoms with van der Waals surface area (Å²) in [5, 5.41) is 2.18. The molecule has 1 saturated heterocycles. The molecule has 0 bridgehead atoms. The SMILES string of the molecule is CCOc1cc(/C=C2\C(=O)N(c3ccc(C)cc3)C(=O)N(c3cccc4ccccc34)C2=O)cc(Br)c1OCc1ccc(Cl)cc1. The first-order valence-corrected chi connectivity index (χ1v) is 15.7. The number of carbonyl (C=O) groups excluding carboxylic acids is 3. The smallest absolute Gasteiger partial charge is 0.343 e. The van der Waals surface area contributed by atoms with Crippen LogP contribution in [0.5, 0.6) is 11.5 Å². The number of ether oxygens (including phenoxy) is 2. The second-order valence-corrected chi connectivity index (χ2v) is 11.9. The van der Waals surface area contributed by atoms with Crippen molar-refractivity contribution < 1.29 is 23.9 Å². The monoisotopic (exact) mass is 694 g/mol. The molecular weight excluding hydrogens is 668 g/mol. The average Bonchev–Trinajstić information content (AvgIpc) is 3.05. The molecule has 1 heterocycles. The Kier molecular flexibility index (Phi) is 8.92. The maximum atomic E-state index is 14.2. The first kappa shape index (κ1) is 31.1. The van der Waals surface area contributed by atoms with Crippen LogP contribution < -0.4 is 19.3 Å². The number of carbonyl (C=O) groups is 3. The van der Waals surface area contributed by atoms with Gasteiger partial charge in [-0.2, -0.15) is 0 Å². The fourth-order valence-corrected chi connectivity index (χ4v) is 5.94. The fourth-order valence-electron chi connectivity index (χ4n) is 5.24. The number of fused-ring (bicyclic) bond motifs is 1. The Morgan fingerprint density at radius 3 is 2.24 bits per heavy atom. The maximum Gasteiger partial charge on any atom is 0.343 e. The van der Waals surface area contributed by atoms with Crippen LogP contribution >= 0.6 is 27.5 Å². The van der Waals surface area contributed by atoms with Crippen molar-refractivity contribution in [2.75, 3.05) is 16.4 Å². The Balaban J connectivity index is 1.44. The van der Waals surface area contributed by atoms with Gasteiger partial charge in [-0.05, 0) is 94.8 Å². The molecule has 1 aliphatic heterocycles. The number of anilines is 2. The lowest BCUT2D eigenvalue weighted by atomic mass is 10.0. The van der Waals surface area contributed by atoms with Gasteiger partial charge in [-0.15, -0.1) is 0 Å². The second-order valence-electron chi connectivity index (χ2n) is 10.6. The number of imide groups is 2. The van der Waals surface area contributed by atoms with Crippen LogP contribution in [0.2, 0.25) is 5.02 Å². The highest BCUT2D eigenvalue weighted by Crippen LogP contribution is 2.39. The largest absolute Gasteiger partial charge is 0.490 e. The average molecular weight is 696 g/mol. The lowest BCUT2D eigenvalue weighted by Gasteiger charge is -2.34. The van der Waals surface area contributed by atoms with E-state index in [0.717, 1.165) is 26.3 Å². The molecule has 6 rings (SSSR count). The molecule has 5 aromatic carbocycles. The summed E-state index contributed by atoms with van der Waals surface area (Å²) in [5.41, 5.74) is 2.93. The quantitative estimate of drug-likeness (QED) is 0.120. The second kappa shape index (κ2) is 13.2. The Bertz CT molecular complexity index is 2000. The topological polar surface area (TPSA) is 76.2 Å². The van der Waals surface area contributed by atoms with Crippen LogP contribution in [0.15, 0.2) is 113 Å². The summed E-state index contributed by atoms with van der Waals surface area (Å²) in [7, 11) is 0. The van der Waals surface area contributed by atoms with Crippen LogP contribution in [0.4, 0.5) is 16.2 Å². The molecule has 46 heavy (non-hydrogen) atoms. The van der Waals surface area contributed by atoms with Crippen molar-refractivity contribution in [2.24, 2.45) is 0 Å². The van der Waals surface area contributed by atoms with Crippen LogP contribution in [0.3, 0.4) is 0 Å². The molecule has 5 aromatic rings. The molecule has 0 atom stereocenters. The summed E-state index contributed by atoms with van der Waals surface area (Å²) >= 11 is 9.61. The predicted molar refractivity (Wildman–Crippen MR) is 185 cm³/mol. The van der Waals surface area contributed by atoms with Gasteiger partial charge in [0.05, 0.1) is 22.5 Å². The van der Waals surface area contributed by atoms with Crippen molar-refractivity contribution >= 4 is 73.6 Å². The number of urea groups is 1. The van der Waals surface area contributed by atoms with E-state index in [1.807, 2.05) is 68.4 Å². The van der Waals surface area contributed by atoms with E-state index in [1.165, 1.54) is 6.08 Å². The van der Waals surface area contributed by atoms with E-state index < -0.39 is 17.8 Å². The Morgan fingerprint density at radius 2 is 1.50 bits per heavy atom. The summed E-state index contributed by atoms with van der Waals surface area (Å²) < 4.78 is 12.6. The summed E-state index contributed by atoms with van der Waals surface area (Å²) in [6, 6.07) is 29.9. The normalized spacial score (nSPS) is 14.3. The third-order valence-electron chi connectivity index (χ3n) is 7.49. The molecule has 0 saturated carbocycles. The molecule has 0 aliphatic carbocycles. The molecule has 4 amide bonds. The van der Waals surface area contributed by atoms with E-state index in [4.69, 9.17) is 21.1 Å². The number of benzene rings is 5. The summed E-state index contributed by atoms with van der Waals surface area (Å²) in [6.07, 6.45) is 1.48. The number of amides is 4. The van der Waals surface area contributed by atoms with Gasteiger partial charge in [0.15, 0.2) is 11.5 Å².